The molecule has 1 aromatic rings. The minimum absolute atomic E-state index is 0.236. The number of nitrogens with zero attached hydrogens (tertiary/aromatic N) is 1. The SMILES string of the molecule is C#CCCNC(=O)c1ccc(N)cn1. The summed E-state index contributed by atoms with van der Waals surface area (Å²) in [4.78, 5) is 15.2. The van der Waals surface area contributed by atoms with Gasteiger partial charge in [0.2, 0.25) is 0 Å². The molecule has 0 saturated heterocycles. The standard InChI is InChI=1S/C10H11N3O/c1-2-3-6-12-10(14)9-5-4-8(11)7-13-9/h1,4-5,7H,3,6,11H2,(H,12,14). The van der Waals surface area contributed by atoms with Crippen LogP contribution in [0.3, 0.4) is 0 Å². The molecule has 0 radical (unpaired) electrons. The van der Waals surface area contributed by atoms with Crippen molar-refractivity contribution in [1.82, 2.24) is 10.3 Å². The zero-order chi connectivity index (χ0) is 10.4. The minimum Gasteiger partial charge on any atom is -0.397 e. The van der Waals surface area contributed by atoms with Crippen molar-refractivity contribution in [3.8, 4) is 12.3 Å². The van der Waals surface area contributed by atoms with Crippen molar-refractivity contribution >= 4 is 11.6 Å². The highest BCUT2D eigenvalue weighted by Crippen LogP contribution is 2.00. The Kier molecular flexibility index (Phi) is 3.50. The molecule has 1 amide bonds. The number of carbonyl (C=O) groups is 1. The van der Waals surface area contributed by atoms with Crippen LogP contribution in [0.25, 0.3) is 0 Å². The van der Waals surface area contributed by atoms with Crippen molar-refractivity contribution in [3.63, 3.8) is 0 Å². The Morgan fingerprint density at radius 3 is 3.00 bits per heavy atom. The molecular formula is C10H11N3O. The molecule has 1 heterocycles. The molecule has 0 aromatic carbocycles. The predicted molar refractivity (Wildman–Crippen MR) is 54.4 cm³/mol. The summed E-state index contributed by atoms with van der Waals surface area (Å²) >= 11 is 0. The van der Waals surface area contributed by atoms with E-state index >= 15 is 0 Å². The first kappa shape index (κ1) is 10.1. The van der Waals surface area contributed by atoms with E-state index in [2.05, 4.69) is 16.2 Å². The first-order valence-electron chi connectivity index (χ1n) is 4.17. The topological polar surface area (TPSA) is 68.0 Å². The van der Waals surface area contributed by atoms with E-state index in [9.17, 15) is 4.79 Å². The summed E-state index contributed by atoms with van der Waals surface area (Å²) in [5.74, 6) is 2.19. The number of nitrogens with two attached hydrogens (primary N) is 1. The lowest BCUT2D eigenvalue weighted by Crippen LogP contribution is -2.25. The lowest BCUT2D eigenvalue weighted by Gasteiger charge is -2.01. The zero-order valence-electron chi connectivity index (χ0n) is 7.66. The maximum atomic E-state index is 11.3. The minimum atomic E-state index is -0.236. The number of nitrogens with one attached hydrogen (secondary N) is 1. The lowest BCUT2D eigenvalue weighted by atomic mass is 10.3. The third-order valence-electron chi connectivity index (χ3n) is 1.57. The number of rotatable bonds is 3. The van der Waals surface area contributed by atoms with Crippen LogP contribution in [0.5, 0.6) is 0 Å². The molecule has 1 aromatic heterocycles. The summed E-state index contributed by atoms with van der Waals surface area (Å²) in [6.45, 7) is 0.460. The van der Waals surface area contributed by atoms with E-state index in [1.807, 2.05) is 0 Å². The van der Waals surface area contributed by atoms with Crippen LogP contribution in [0.4, 0.5) is 5.69 Å². The van der Waals surface area contributed by atoms with Crippen molar-refractivity contribution < 1.29 is 4.79 Å². The Hall–Kier alpha value is -2.02. The summed E-state index contributed by atoms with van der Waals surface area (Å²) in [5.41, 5.74) is 6.30. The van der Waals surface area contributed by atoms with Crippen molar-refractivity contribution in [1.29, 1.82) is 0 Å². The smallest absolute Gasteiger partial charge is 0.269 e. The van der Waals surface area contributed by atoms with Gasteiger partial charge in [0.25, 0.3) is 5.91 Å². The van der Waals surface area contributed by atoms with E-state index < -0.39 is 0 Å². The maximum Gasteiger partial charge on any atom is 0.269 e. The quantitative estimate of drug-likeness (QED) is 0.534. The number of terminal acetylenes is 1. The highest BCUT2D eigenvalue weighted by atomic mass is 16.1. The van der Waals surface area contributed by atoms with Gasteiger partial charge in [0.05, 0.1) is 11.9 Å². The van der Waals surface area contributed by atoms with Crippen molar-refractivity contribution in [2.45, 2.75) is 6.42 Å². The van der Waals surface area contributed by atoms with Gasteiger partial charge in [-0.05, 0) is 12.1 Å². The van der Waals surface area contributed by atoms with E-state index in [4.69, 9.17) is 12.2 Å². The zero-order valence-corrected chi connectivity index (χ0v) is 7.66. The molecule has 1 rings (SSSR count). The fraction of sp³-hybridized carbons (Fsp3) is 0.200. The number of hydrogen-bond acceptors (Lipinski definition) is 3. The monoisotopic (exact) mass is 189 g/mol. The van der Waals surface area contributed by atoms with Gasteiger partial charge in [0, 0.05) is 13.0 Å². The van der Waals surface area contributed by atoms with E-state index in [-0.39, 0.29) is 5.91 Å². The maximum absolute atomic E-state index is 11.3. The molecule has 0 atom stereocenters. The van der Waals surface area contributed by atoms with Crippen molar-refractivity contribution in [2.24, 2.45) is 0 Å². The van der Waals surface area contributed by atoms with Gasteiger partial charge in [-0.3, -0.25) is 4.79 Å². The normalized spacial score (nSPS) is 9.07. The second kappa shape index (κ2) is 4.87. The van der Waals surface area contributed by atoms with Crippen LogP contribution in [-0.4, -0.2) is 17.4 Å². The Bertz CT molecular complexity index is 351. The molecule has 4 heteroatoms. The number of amides is 1. The van der Waals surface area contributed by atoms with Crippen LogP contribution >= 0.6 is 0 Å². The van der Waals surface area contributed by atoms with Crippen LogP contribution < -0.4 is 11.1 Å². The van der Waals surface area contributed by atoms with E-state index in [1.54, 1.807) is 12.1 Å². The summed E-state index contributed by atoms with van der Waals surface area (Å²) < 4.78 is 0. The molecule has 0 saturated carbocycles. The molecular weight excluding hydrogens is 178 g/mol. The highest BCUT2D eigenvalue weighted by Gasteiger charge is 2.04. The third-order valence-corrected chi connectivity index (χ3v) is 1.57. The fourth-order valence-electron chi connectivity index (χ4n) is 0.878. The molecule has 72 valence electrons. The van der Waals surface area contributed by atoms with Gasteiger partial charge in [0.15, 0.2) is 0 Å². The third kappa shape index (κ3) is 2.79. The average Bonchev–Trinajstić information content (AvgIpc) is 2.19. The molecule has 14 heavy (non-hydrogen) atoms. The summed E-state index contributed by atoms with van der Waals surface area (Å²) in [5, 5.41) is 2.63. The van der Waals surface area contributed by atoms with Gasteiger partial charge >= 0.3 is 0 Å². The first-order valence-corrected chi connectivity index (χ1v) is 4.17. The molecule has 3 N–H and O–H groups in total. The molecule has 0 fully saturated rings. The van der Waals surface area contributed by atoms with Gasteiger partial charge in [-0.25, -0.2) is 4.98 Å². The van der Waals surface area contributed by atoms with Gasteiger partial charge in [-0.15, -0.1) is 12.3 Å². The number of aromatic nitrogens is 1. The summed E-state index contributed by atoms with van der Waals surface area (Å²) in [6.07, 6.45) is 6.99. The molecule has 0 aliphatic heterocycles. The largest absolute Gasteiger partial charge is 0.397 e. The fourth-order valence-corrected chi connectivity index (χ4v) is 0.878. The Balaban J connectivity index is 2.53. The van der Waals surface area contributed by atoms with Gasteiger partial charge in [-0.1, -0.05) is 0 Å². The molecule has 0 spiro atoms. The average molecular weight is 189 g/mol. The Labute approximate surface area is 82.5 Å². The summed E-state index contributed by atoms with van der Waals surface area (Å²) in [7, 11) is 0. The number of carbonyl (C=O) groups excluding carboxylic acids is 1. The van der Waals surface area contributed by atoms with Gasteiger partial charge in [-0.2, -0.15) is 0 Å². The molecule has 0 unspecified atom stereocenters. The van der Waals surface area contributed by atoms with Crippen LogP contribution in [0.1, 0.15) is 16.9 Å². The van der Waals surface area contributed by atoms with Crippen molar-refractivity contribution in [2.75, 3.05) is 12.3 Å². The number of pyridine rings is 1. The van der Waals surface area contributed by atoms with Gasteiger partial charge < -0.3 is 11.1 Å². The molecule has 0 aliphatic carbocycles. The Morgan fingerprint density at radius 1 is 1.64 bits per heavy atom. The lowest BCUT2D eigenvalue weighted by molar-refractivity contribution is 0.0949. The van der Waals surface area contributed by atoms with Crippen molar-refractivity contribution in [3.05, 3.63) is 24.0 Å². The van der Waals surface area contributed by atoms with E-state index in [1.165, 1.54) is 6.20 Å². The second-order valence-corrected chi connectivity index (χ2v) is 2.69. The van der Waals surface area contributed by atoms with Crippen LogP contribution in [0.15, 0.2) is 18.3 Å². The van der Waals surface area contributed by atoms with Gasteiger partial charge in [0.1, 0.15) is 5.69 Å². The number of hydrogen-bond donors (Lipinski definition) is 2. The Morgan fingerprint density at radius 2 is 2.43 bits per heavy atom. The van der Waals surface area contributed by atoms with Crippen LogP contribution in [-0.2, 0) is 0 Å². The highest BCUT2D eigenvalue weighted by molar-refractivity contribution is 5.92. The van der Waals surface area contributed by atoms with E-state index in [0.29, 0.717) is 24.3 Å². The first-order chi connectivity index (χ1) is 6.74. The number of nitrogen functional groups attached to an aromatic ring is 1. The summed E-state index contributed by atoms with van der Waals surface area (Å²) in [6, 6.07) is 3.20. The van der Waals surface area contributed by atoms with Crippen LogP contribution in [0, 0.1) is 12.3 Å². The predicted octanol–water partition coefficient (Wildman–Crippen LogP) is 0.417. The van der Waals surface area contributed by atoms with Crippen LogP contribution in [0.2, 0.25) is 0 Å². The number of anilines is 1. The molecule has 4 nitrogen and oxygen atoms in total. The molecule has 0 bridgehead atoms. The molecule has 0 aliphatic rings. The van der Waals surface area contributed by atoms with E-state index in [0.717, 1.165) is 0 Å². The second-order valence-electron chi connectivity index (χ2n) is 2.69.